The second-order valence-corrected chi connectivity index (χ2v) is 4.02. The largest absolute Gasteiger partial charge is 0.348 e. The molecule has 0 unspecified atom stereocenters. The Bertz CT molecular complexity index is 420. The highest BCUT2D eigenvalue weighted by atomic mass is 19.1. The molecule has 0 aliphatic heterocycles. The second-order valence-electron chi connectivity index (χ2n) is 4.02. The molecule has 0 saturated heterocycles. The number of rotatable bonds is 3. The van der Waals surface area contributed by atoms with Crippen molar-refractivity contribution in [2.24, 2.45) is 0 Å². The number of amides is 1. The highest BCUT2D eigenvalue weighted by Crippen LogP contribution is 2.08. The molecule has 0 heterocycles. The zero-order chi connectivity index (χ0) is 12.1. The first-order valence-electron chi connectivity index (χ1n) is 5.17. The van der Waals surface area contributed by atoms with Gasteiger partial charge in [-0.2, -0.15) is 0 Å². The molecule has 0 spiro atoms. The lowest BCUT2D eigenvalue weighted by atomic mass is 10.1. The van der Waals surface area contributed by atoms with Crippen molar-refractivity contribution in [1.82, 2.24) is 5.32 Å². The van der Waals surface area contributed by atoms with Crippen molar-refractivity contribution in [3.63, 3.8) is 0 Å². The van der Waals surface area contributed by atoms with Gasteiger partial charge in [0.15, 0.2) is 0 Å². The Morgan fingerprint density at radius 2 is 2.12 bits per heavy atom. The highest BCUT2D eigenvalue weighted by Gasteiger charge is 2.01. The van der Waals surface area contributed by atoms with Crippen LogP contribution in [-0.2, 0) is 11.3 Å². The molecule has 0 aromatic heterocycles. The Balaban J connectivity index is 2.58. The number of hydrogen-bond donors (Lipinski definition) is 1. The molecule has 86 valence electrons. The number of halogens is 1. The lowest BCUT2D eigenvalue weighted by Gasteiger charge is -2.04. The average molecular weight is 221 g/mol. The van der Waals surface area contributed by atoms with E-state index in [2.05, 4.69) is 5.32 Å². The van der Waals surface area contributed by atoms with Gasteiger partial charge in [0.1, 0.15) is 5.82 Å². The molecule has 0 atom stereocenters. The maximum Gasteiger partial charge on any atom is 0.244 e. The Kier molecular flexibility index (Phi) is 4.23. The van der Waals surface area contributed by atoms with Gasteiger partial charge < -0.3 is 5.32 Å². The van der Waals surface area contributed by atoms with Crippen LogP contribution in [0.4, 0.5) is 4.39 Å². The Morgan fingerprint density at radius 1 is 1.44 bits per heavy atom. The standard InChI is InChI=1S/C13H16FNO/c1-9(2)6-13(16)15-8-11-5-4-10(3)12(14)7-11/h4-7H,8H2,1-3H3,(H,15,16). The summed E-state index contributed by atoms with van der Waals surface area (Å²) in [6.45, 7) is 5.76. The molecule has 1 aromatic rings. The van der Waals surface area contributed by atoms with Crippen molar-refractivity contribution in [2.75, 3.05) is 0 Å². The van der Waals surface area contributed by atoms with Crippen molar-refractivity contribution in [3.05, 3.63) is 46.8 Å². The molecule has 1 N–H and O–H groups in total. The van der Waals surface area contributed by atoms with E-state index in [9.17, 15) is 9.18 Å². The number of aryl methyl sites for hydroxylation is 1. The van der Waals surface area contributed by atoms with Gasteiger partial charge in [0.25, 0.3) is 0 Å². The molecule has 1 amide bonds. The second kappa shape index (κ2) is 5.45. The fourth-order valence-electron chi connectivity index (χ4n) is 1.25. The third kappa shape index (κ3) is 3.85. The van der Waals surface area contributed by atoms with Crippen molar-refractivity contribution in [3.8, 4) is 0 Å². The topological polar surface area (TPSA) is 29.1 Å². The number of carbonyl (C=O) groups is 1. The molecule has 3 heteroatoms. The van der Waals surface area contributed by atoms with E-state index in [0.29, 0.717) is 12.1 Å². The predicted octanol–water partition coefficient (Wildman–Crippen LogP) is 2.72. The molecule has 2 nitrogen and oxygen atoms in total. The number of benzene rings is 1. The van der Waals surface area contributed by atoms with Gasteiger partial charge in [-0.1, -0.05) is 17.7 Å². The van der Waals surface area contributed by atoms with Crippen LogP contribution in [0.25, 0.3) is 0 Å². The monoisotopic (exact) mass is 221 g/mol. The van der Waals surface area contributed by atoms with E-state index in [1.165, 1.54) is 12.1 Å². The van der Waals surface area contributed by atoms with Gasteiger partial charge in [0, 0.05) is 12.6 Å². The zero-order valence-corrected chi connectivity index (χ0v) is 9.80. The molecule has 0 fully saturated rings. The molecule has 0 radical (unpaired) electrons. The van der Waals surface area contributed by atoms with Crippen LogP contribution < -0.4 is 5.32 Å². The quantitative estimate of drug-likeness (QED) is 0.781. The summed E-state index contributed by atoms with van der Waals surface area (Å²) in [5, 5.41) is 2.69. The number of hydrogen-bond acceptors (Lipinski definition) is 1. The summed E-state index contributed by atoms with van der Waals surface area (Å²) in [4.78, 5) is 11.3. The fourth-order valence-corrected chi connectivity index (χ4v) is 1.25. The van der Waals surface area contributed by atoms with Gasteiger partial charge in [-0.25, -0.2) is 4.39 Å². The van der Waals surface area contributed by atoms with E-state index in [1.54, 1.807) is 19.1 Å². The first-order valence-corrected chi connectivity index (χ1v) is 5.17. The van der Waals surface area contributed by atoms with Crippen LogP contribution in [0.1, 0.15) is 25.0 Å². The summed E-state index contributed by atoms with van der Waals surface area (Å²) >= 11 is 0. The summed E-state index contributed by atoms with van der Waals surface area (Å²) in [5.41, 5.74) is 2.31. The molecule has 1 aromatic carbocycles. The number of allylic oxidation sites excluding steroid dienone is 1. The predicted molar refractivity (Wildman–Crippen MR) is 62.4 cm³/mol. The summed E-state index contributed by atoms with van der Waals surface area (Å²) in [7, 11) is 0. The molecular weight excluding hydrogens is 205 g/mol. The third-order valence-corrected chi connectivity index (χ3v) is 2.12. The zero-order valence-electron chi connectivity index (χ0n) is 9.80. The summed E-state index contributed by atoms with van der Waals surface area (Å²) < 4.78 is 13.2. The van der Waals surface area contributed by atoms with Crippen LogP contribution >= 0.6 is 0 Å². The van der Waals surface area contributed by atoms with Crippen molar-refractivity contribution in [2.45, 2.75) is 27.3 Å². The van der Waals surface area contributed by atoms with Crippen LogP contribution in [-0.4, -0.2) is 5.91 Å². The number of carbonyl (C=O) groups excluding carboxylic acids is 1. The first-order chi connectivity index (χ1) is 7.49. The van der Waals surface area contributed by atoms with Crippen molar-refractivity contribution < 1.29 is 9.18 Å². The molecule has 16 heavy (non-hydrogen) atoms. The van der Waals surface area contributed by atoms with Gasteiger partial charge in [0.2, 0.25) is 5.91 Å². The van der Waals surface area contributed by atoms with E-state index in [1.807, 2.05) is 13.8 Å². The SMILES string of the molecule is CC(C)=CC(=O)NCc1ccc(C)c(F)c1. The minimum absolute atomic E-state index is 0.152. The Hall–Kier alpha value is -1.64. The minimum Gasteiger partial charge on any atom is -0.348 e. The molecule has 0 saturated carbocycles. The molecule has 1 rings (SSSR count). The molecule has 0 bridgehead atoms. The van der Waals surface area contributed by atoms with E-state index in [0.717, 1.165) is 11.1 Å². The normalized spacial score (nSPS) is 9.75. The van der Waals surface area contributed by atoms with E-state index in [4.69, 9.17) is 0 Å². The van der Waals surface area contributed by atoms with Crippen molar-refractivity contribution >= 4 is 5.91 Å². The van der Waals surface area contributed by atoms with Crippen LogP contribution in [0.2, 0.25) is 0 Å². The third-order valence-electron chi connectivity index (χ3n) is 2.12. The Morgan fingerprint density at radius 3 is 2.69 bits per heavy atom. The maximum absolute atomic E-state index is 13.2. The molecule has 0 aliphatic carbocycles. The first kappa shape index (κ1) is 12.4. The van der Waals surface area contributed by atoms with Gasteiger partial charge in [-0.3, -0.25) is 4.79 Å². The number of nitrogens with one attached hydrogen (secondary N) is 1. The van der Waals surface area contributed by atoms with Gasteiger partial charge in [-0.05, 0) is 38.0 Å². The maximum atomic E-state index is 13.2. The summed E-state index contributed by atoms with van der Waals surface area (Å²) in [5.74, 6) is -0.394. The van der Waals surface area contributed by atoms with Gasteiger partial charge in [0.05, 0.1) is 0 Å². The van der Waals surface area contributed by atoms with E-state index < -0.39 is 0 Å². The highest BCUT2D eigenvalue weighted by molar-refractivity contribution is 5.87. The van der Waals surface area contributed by atoms with Crippen LogP contribution in [0.15, 0.2) is 29.8 Å². The van der Waals surface area contributed by atoms with Crippen molar-refractivity contribution in [1.29, 1.82) is 0 Å². The van der Waals surface area contributed by atoms with Gasteiger partial charge >= 0.3 is 0 Å². The summed E-state index contributed by atoms with van der Waals surface area (Å²) in [6.07, 6.45) is 1.52. The minimum atomic E-state index is -0.242. The van der Waals surface area contributed by atoms with E-state index in [-0.39, 0.29) is 11.7 Å². The molecule has 0 aliphatic rings. The smallest absolute Gasteiger partial charge is 0.244 e. The van der Waals surface area contributed by atoms with Gasteiger partial charge in [-0.15, -0.1) is 0 Å². The Labute approximate surface area is 95.2 Å². The lowest BCUT2D eigenvalue weighted by Crippen LogP contribution is -2.20. The fraction of sp³-hybridized carbons (Fsp3) is 0.308. The lowest BCUT2D eigenvalue weighted by molar-refractivity contribution is -0.116. The van der Waals surface area contributed by atoms with Crippen LogP contribution in [0.3, 0.4) is 0 Å². The van der Waals surface area contributed by atoms with E-state index >= 15 is 0 Å². The average Bonchev–Trinajstić information content (AvgIpc) is 2.19. The van der Waals surface area contributed by atoms with Crippen LogP contribution in [0, 0.1) is 12.7 Å². The van der Waals surface area contributed by atoms with Crippen LogP contribution in [0.5, 0.6) is 0 Å². The summed E-state index contributed by atoms with van der Waals surface area (Å²) in [6, 6.07) is 4.96. The molecular formula is C13H16FNO.